The van der Waals surface area contributed by atoms with Crippen LogP contribution in [0.4, 0.5) is 4.39 Å². The molecule has 1 amide bonds. The highest BCUT2D eigenvalue weighted by atomic mass is 79.9. The number of halogens is 3. The van der Waals surface area contributed by atoms with Gasteiger partial charge < -0.3 is 10.2 Å². The third-order valence-electron chi connectivity index (χ3n) is 3.00. The summed E-state index contributed by atoms with van der Waals surface area (Å²) in [4.78, 5) is 14.0. The molecule has 3 nitrogen and oxygen atoms in total. The Balaban J connectivity index is 0.00000180. The zero-order valence-electron chi connectivity index (χ0n) is 10.8. The van der Waals surface area contributed by atoms with Gasteiger partial charge in [0.05, 0.1) is 5.56 Å². The van der Waals surface area contributed by atoms with E-state index in [2.05, 4.69) is 21.2 Å². The summed E-state index contributed by atoms with van der Waals surface area (Å²) in [5, 5.41) is 3.34. The monoisotopic (exact) mass is 350 g/mol. The number of benzene rings is 1. The summed E-state index contributed by atoms with van der Waals surface area (Å²) in [7, 11) is 0. The highest BCUT2D eigenvalue weighted by Crippen LogP contribution is 2.18. The lowest BCUT2D eigenvalue weighted by Crippen LogP contribution is -2.55. The maximum absolute atomic E-state index is 13.7. The molecule has 1 heterocycles. The SMILES string of the molecule is CC1CN(C(=O)c2cc(Br)ccc2F)CC(C)N1.Cl. The summed E-state index contributed by atoms with van der Waals surface area (Å²) < 4.78 is 14.4. The third-order valence-corrected chi connectivity index (χ3v) is 3.50. The predicted octanol–water partition coefficient (Wildman–Crippen LogP) is 2.83. The van der Waals surface area contributed by atoms with Crippen molar-refractivity contribution < 1.29 is 9.18 Å². The molecule has 106 valence electrons. The molecule has 1 aromatic rings. The van der Waals surface area contributed by atoms with Crippen LogP contribution in [0.2, 0.25) is 0 Å². The molecule has 0 saturated carbocycles. The van der Waals surface area contributed by atoms with Crippen molar-refractivity contribution in [1.82, 2.24) is 10.2 Å². The van der Waals surface area contributed by atoms with Crippen LogP contribution >= 0.6 is 28.3 Å². The van der Waals surface area contributed by atoms with Crippen molar-refractivity contribution in [1.29, 1.82) is 0 Å². The Morgan fingerprint density at radius 2 is 1.95 bits per heavy atom. The first kappa shape index (κ1) is 16.4. The summed E-state index contributed by atoms with van der Waals surface area (Å²) in [5.74, 6) is -0.712. The van der Waals surface area contributed by atoms with E-state index < -0.39 is 5.82 Å². The molecule has 2 rings (SSSR count). The number of piperazine rings is 1. The zero-order chi connectivity index (χ0) is 13.3. The van der Waals surface area contributed by atoms with Crippen LogP contribution in [0.15, 0.2) is 22.7 Å². The molecule has 1 aliphatic rings. The Kier molecular flexibility index (Phi) is 5.77. The predicted molar refractivity (Wildman–Crippen MR) is 79.3 cm³/mol. The standard InChI is InChI=1S/C13H16BrFN2O.ClH/c1-8-6-17(7-9(2)16-8)13(18)11-5-10(14)3-4-12(11)15;/h3-5,8-9,16H,6-7H2,1-2H3;1H. The van der Waals surface area contributed by atoms with E-state index >= 15 is 0 Å². The van der Waals surface area contributed by atoms with Gasteiger partial charge >= 0.3 is 0 Å². The van der Waals surface area contributed by atoms with Crippen molar-refractivity contribution >= 4 is 34.2 Å². The fraction of sp³-hybridized carbons (Fsp3) is 0.462. The van der Waals surface area contributed by atoms with Gasteiger partial charge in [-0.1, -0.05) is 15.9 Å². The van der Waals surface area contributed by atoms with Crippen molar-refractivity contribution in [3.63, 3.8) is 0 Å². The maximum atomic E-state index is 13.7. The summed E-state index contributed by atoms with van der Waals surface area (Å²) in [6.45, 7) is 5.25. The molecule has 0 aromatic heterocycles. The van der Waals surface area contributed by atoms with Crippen LogP contribution in [-0.4, -0.2) is 36.0 Å². The van der Waals surface area contributed by atoms with E-state index in [1.807, 2.05) is 13.8 Å². The van der Waals surface area contributed by atoms with E-state index in [1.54, 1.807) is 11.0 Å². The van der Waals surface area contributed by atoms with Crippen molar-refractivity contribution in [2.24, 2.45) is 0 Å². The summed E-state index contributed by atoms with van der Waals surface area (Å²) in [6.07, 6.45) is 0. The Labute approximate surface area is 127 Å². The minimum atomic E-state index is -0.470. The number of hydrogen-bond acceptors (Lipinski definition) is 2. The van der Waals surface area contributed by atoms with Gasteiger partial charge in [0.25, 0.3) is 5.91 Å². The summed E-state index contributed by atoms with van der Waals surface area (Å²) in [5.41, 5.74) is 0.130. The quantitative estimate of drug-likeness (QED) is 0.844. The zero-order valence-corrected chi connectivity index (χ0v) is 13.2. The van der Waals surface area contributed by atoms with Gasteiger partial charge in [-0.05, 0) is 32.0 Å². The lowest BCUT2D eigenvalue weighted by molar-refractivity contribution is 0.0669. The Hall–Kier alpha value is -0.650. The fourth-order valence-corrected chi connectivity index (χ4v) is 2.69. The van der Waals surface area contributed by atoms with Crippen LogP contribution in [0, 0.1) is 5.82 Å². The normalized spacial score (nSPS) is 22.8. The van der Waals surface area contributed by atoms with Crippen LogP contribution in [0.1, 0.15) is 24.2 Å². The first-order valence-electron chi connectivity index (χ1n) is 5.97. The number of nitrogens with one attached hydrogen (secondary N) is 1. The van der Waals surface area contributed by atoms with Crippen molar-refractivity contribution in [2.45, 2.75) is 25.9 Å². The highest BCUT2D eigenvalue weighted by molar-refractivity contribution is 9.10. The number of carbonyl (C=O) groups excluding carboxylic acids is 1. The van der Waals surface area contributed by atoms with E-state index in [0.29, 0.717) is 17.6 Å². The van der Waals surface area contributed by atoms with Crippen molar-refractivity contribution in [3.8, 4) is 0 Å². The molecule has 1 fully saturated rings. The van der Waals surface area contributed by atoms with Crippen LogP contribution in [0.25, 0.3) is 0 Å². The summed E-state index contributed by atoms with van der Waals surface area (Å²) in [6, 6.07) is 4.90. The van der Waals surface area contributed by atoms with Crippen LogP contribution in [0.5, 0.6) is 0 Å². The minimum absolute atomic E-state index is 0. The van der Waals surface area contributed by atoms with Crippen LogP contribution in [-0.2, 0) is 0 Å². The Morgan fingerprint density at radius 3 is 2.53 bits per heavy atom. The van der Waals surface area contributed by atoms with Gasteiger partial charge in [-0.3, -0.25) is 4.79 Å². The second kappa shape index (κ2) is 6.68. The lowest BCUT2D eigenvalue weighted by Gasteiger charge is -2.36. The van der Waals surface area contributed by atoms with E-state index in [-0.39, 0.29) is 36.0 Å². The molecule has 0 radical (unpaired) electrons. The van der Waals surface area contributed by atoms with Gasteiger partial charge in [0.15, 0.2) is 0 Å². The van der Waals surface area contributed by atoms with Gasteiger partial charge in [0.1, 0.15) is 5.82 Å². The highest BCUT2D eigenvalue weighted by Gasteiger charge is 2.27. The first-order valence-corrected chi connectivity index (χ1v) is 6.77. The average Bonchev–Trinajstić information content (AvgIpc) is 2.30. The number of carbonyl (C=O) groups is 1. The molecule has 2 unspecified atom stereocenters. The van der Waals surface area contributed by atoms with E-state index in [1.165, 1.54) is 12.1 Å². The number of rotatable bonds is 1. The van der Waals surface area contributed by atoms with Gasteiger partial charge in [0.2, 0.25) is 0 Å². The maximum Gasteiger partial charge on any atom is 0.256 e. The van der Waals surface area contributed by atoms with Crippen LogP contribution < -0.4 is 5.32 Å². The Morgan fingerprint density at radius 1 is 1.37 bits per heavy atom. The molecule has 1 N–H and O–H groups in total. The second-order valence-corrected chi connectivity index (χ2v) is 5.72. The number of hydrogen-bond donors (Lipinski definition) is 1. The van der Waals surface area contributed by atoms with Crippen molar-refractivity contribution in [3.05, 3.63) is 34.1 Å². The van der Waals surface area contributed by atoms with Gasteiger partial charge in [-0.2, -0.15) is 0 Å². The first-order chi connectivity index (χ1) is 8.47. The molecule has 19 heavy (non-hydrogen) atoms. The molecule has 0 spiro atoms. The number of nitrogens with zero attached hydrogens (tertiary/aromatic N) is 1. The largest absolute Gasteiger partial charge is 0.335 e. The Bertz CT molecular complexity index is 462. The molecular weight excluding hydrogens is 335 g/mol. The molecule has 1 aliphatic heterocycles. The van der Waals surface area contributed by atoms with Crippen molar-refractivity contribution in [2.75, 3.05) is 13.1 Å². The van der Waals surface area contributed by atoms with Gasteiger partial charge in [0, 0.05) is 29.6 Å². The molecule has 1 saturated heterocycles. The van der Waals surface area contributed by atoms with Gasteiger partial charge in [-0.25, -0.2) is 4.39 Å². The number of amides is 1. The van der Waals surface area contributed by atoms with E-state index in [9.17, 15) is 9.18 Å². The summed E-state index contributed by atoms with van der Waals surface area (Å²) >= 11 is 3.26. The second-order valence-electron chi connectivity index (χ2n) is 4.80. The lowest BCUT2D eigenvalue weighted by atomic mass is 10.1. The molecular formula is C13H17BrClFN2O. The fourth-order valence-electron chi connectivity index (χ4n) is 2.32. The molecule has 2 atom stereocenters. The topological polar surface area (TPSA) is 32.3 Å². The molecule has 0 aliphatic carbocycles. The van der Waals surface area contributed by atoms with Gasteiger partial charge in [-0.15, -0.1) is 12.4 Å². The third kappa shape index (κ3) is 3.91. The average molecular weight is 352 g/mol. The molecule has 0 bridgehead atoms. The van der Waals surface area contributed by atoms with E-state index in [4.69, 9.17) is 0 Å². The van der Waals surface area contributed by atoms with Crippen LogP contribution in [0.3, 0.4) is 0 Å². The smallest absolute Gasteiger partial charge is 0.256 e. The molecule has 6 heteroatoms. The minimum Gasteiger partial charge on any atom is -0.335 e. The molecule has 1 aromatic carbocycles. The van der Waals surface area contributed by atoms with E-state index in [0.717, 1.165) is 0 Å².